The maximum atomic E-state index is 13.8. The lowest BCUT2D eigenvalue weighted by atomic mass is 10.0. The van der Waals surface area contributed by atoms with Crippen LogP contribution in [0.25, 0.3) is 11.3 Å². The summed E-state index contributed by atoms with van der Waals surface area (Å²) in [4.78, 5) is 68.9. The maximum Gasteiger partial charge on any atom is 0.280 e. The zero-order valence-electron chi connectivity index (χ0n) is 37.9. The van der Waals surface area contributed by atoms with Crippen molar-refractivity contribution < 1.29 is 38.1 Å². The number of carbonyl (C=O) groups is 4. The van der Waals surface area contributed by atoms with Crippen molar-refractivity contribution in [2.75, 3.05) is 89.1 Å². The van der Waals surface area contributed by atoms with Crippen molar-refractivity contribution in [3.63, 3.8) is 0 Å². The first-order chi connectivity index (χ1) is 32.1. The van der Waals surface area contributed by atoms with E-state index in [4.69, 9.17) is 23.9 Å². The average molecular weight is 903 g/mol. The number of pyridine rings is 1. The number of nitrogens with one attached hydrogen (secondary N) is 2. The van der Waals surface area contributed by atoms with Crippen LogP contribution in [0.1, 0.15) is 70.1 Å². The Morgan fingerprint density at radius 1 is 0.879 bits per heavy atom. The second-order valence-electron chi connectivity index (χ2n) is 17.7. The number of aryl methyl sites for hydroxylation is 2. The topological polar surface area (TPSA) is 185 Å². The normalized spacial score (nSPS) is 21.1. The molecule has 4 amide bonds. The molecule has 2 aromatic heterocycles. The Labute approximate surface area is 384 Å². The third-order valence-corrected chi connectivity index (χ3v) is 12.8. The fourth-order valence-corrected chi connectivity index (χ4v) is 9.30. The van der Waals surface area contributed by atoms with Crippen LogP contribution in [0, 0.1) is 12.8 Å². The van der Waals surface area contributed by atoms with Gasteiger partial charge < -0.3 is 34.1 Å². The van der Waals surface area contributed by atoms with E-state index in [0.29, 0.717) is 98.6 Å². The molecule has 1 unspecified atom stereocenters. The zero-order valence-corrected chi connectivity index (χ0v) is 37.9. The van der Waals surface area contributed by atoms with Gasteiger partial charge in [0, 0.05) is 81.7 Å². The fourth-order valence-electron chi connectivity index (χ4n) is 9.30. The van der Waals surface area contributed by atoms with Crippen molar-refractivity contribution in [2.24, 2.45) is 18.0 Å². The molecule has 2 N–H and O–H groups in total. The van der Waals surface area contributed by atoms with Gasteiger partial charge in [-0.2, -0.15) is 10.1 Å². The molecule has 2 saturated heterocycles. The van der Waals surface area contributed by atoms with E-state index in [0.717, 1.165) is 74.6 Å². The van der Waals surface area contributed by atoms with Gasteiger partial charge in [-0.25, -0.2) is 4.68 Å². The van der Waals surface area contributed by atoms with Crippen LogP contribution in [-0.4, -0.2) is 144 Å². The molecular weight excluding hydrogens is 845 g/mol. The molecule has 2 bridgehead atoms. The van der Waals surface area contributed by atoms with Gasteiger partial charge in [0.1, 0.15) is 18.4 Å². The van der Waals surface area contributed by atoms with E-state index in [1.165, 1.54) is 10.5 Å². The smallest absolute Gasteiger partial charge is 0.280 e. The summed E-state index contributed by atoms with van der Waals surface area (Å²) in [5, 5.41) is 10.2. The summed E-state index contributed by atoms with van der Waals surface area (Å²) in [7, 11) is 1.85. The monoisotopic (exact) mass is 902 g/mol. The second-order valence-corrected chi connectivity index (χ2v) is 17.7. The van der Waals surface area contributed by atoms with Gasteiger partial charge in [0.2, 0.25) is 23.7 Å². The van der Waals surface area contributed by atoms with Crippen LogP contribution in [0.2, 0.25) is 0 Å². The fraction of sp³-hybridized carbons (Fsp3) is 0.479. The number of benzene rings is 2. The summed E-state index contributed by atoms with van der Waals surface area (Å²) in [5.41, 5.74) is 6.98. The van der Waals surface area contributed by atoms with Gasteiger partial charge in [-0.05, 0) is 74.1 Å². The van der Waals surface area contributed by atoms with E-state index < -0.39 is 11.9 Å². The molecular formula is C48H58N10O8. The molecule has 2 fully saturated rings. The number of rotatable bonds is 13. The highest BCUT2D eigenvalue weighted by Crippen LogP contribution is 2.37. The standard InChI is InChI=1S/C48H58N10O8/c1-31-6-5-18-66-47-36(27-49-54(47)3)39-26-34(24-32(2)50-39)44(60)53-48-51-38-10-9-33(25-41(38)58(48)28-31)29-56-15-13-55(14-16-56)17-19-63-20-21-64-22-23-65-42-8-4-7-35-37(42)30-57(46(35)62)40-11-12-43(59)52-45(40)61/h4,7-10,24-27,31,40H,5-6,11-23,28-30H2,1-3H3,(H,51,53,60)(H,52,59,61)/t31-,40?/m1/s1. The first-order valence-corrected chi connectivity index (χ1v) is 23.0. The van der Waals surface area contributed by atoms with Crippen molar-refractivity contribution in [3.05, 3.63) is 82.7 Å². The summed E-state index contributed by atoms with van der Waals surface area (Å²) in [6.45, 7) is 13.3. The van der Waals surface area contributed by atoms with Crippen LogP contribution in [0.4, 0.5) is 11.4 Å². The molecule has 0 spiro atoms. The van der Waals surface area contributed by atoms with Crippen LogP contribution in [0.3, 0.4) is 0 Å². The lowest BCUT2D eigenvalue weighted by Crippen LogP contribution is -2.52. The highest BCUT2D eigenvalue weighted by Gasteiger charge is 2.40. The Morgan fingerprint density at radius 2 is 1.68 bits per heavy atom. The number of aromatic nitrogens is 3. The molecule has 0 radical (unpaired) electrons. The Balaban J connectivity index is 0.708. The van der Waals surface area contributed by atoms with Crippen LogP contribution in [0.5, 0.6) is 11.6 Å². The Hall–Kier alpha value is -6.21. The van der Waals surface area contributed by atoms with E-state index in [2.05, 4.69) is 60.5 Å². The van der Waals surface area contributed by atoms with Gasteiger partial charge in [0.15, 0.2) is 0 Å². The summed E-state index contributed by atoms with van der Waals surface area (Å²) >= 11 is 0. The Morgan fingerprint density at radius 3 is 2.52 bits per heavy atom. The average Bonchev–Trinajstić information content (AvgIpc) is 3.96. The third kappa shape index (κ3) is 10.1. The number of nitrogens with zero attached hydrogens (tertiary/aromatic N) is 8. The molecule has 0 saturated carbocycles. The molecule has 4 aromatic rings. The molecule has 348 valence electrons. The molecule has 0 aliphatic carbocycles. The SMILES string of the molecule is Cc1cc2cc(n1)-c1cnn(C)c1OCCC[C@@H](C)CN1/C(=N/C2=O)Nc2ccc(CN3CCN(CCOCCOCCOc4cccc5c4CN(C4CCC(=O)NC4=O)C5=O)CC3)cc21. The number of aliphatic imine (C=N–C) groups is 1. The highest BCUT2D eigenvalue weighted by molar-refractivity contribution is 6.19. The predicted molar refractivity (Wildman–Crippen MR) is 246 cm³/mol. The van der Waals surface area contributed by atoms with E-state index in [1.54, 1.807) is 35.1 Å². The summed E-state index contributed by atoms with van der Waals surface area (Å²) in [6, 6.07) is 14.7. The Kier molecular flexibility index (Phi) is 13.7. The number of carbonyl (C=O) groups excluding carboxylic acids is 4. The predicted octanol–water partition coefficient (Wildman–Crippen LogP) is 4.02. The number of imide groups is 1. The van der Waals surface area contributed by atoms with Gasteiger partial charge >= 0.3 is 0 Å². The van der Waals surface area contributed by atoms with Crippen molar-refractivity contribution in [1.29, 1.82) is 0 Å². The number of ether oxygens (including phenoxy) is 4. The van der Waals surface area contributed by atoms with Gasteiger partial charge in [-0.3, -0.25) is 39.3 Å². The van der Waals surface area contributed by atoms with Gasteiger partial charge in [0.05, 0.1) is 68.4 Å². The molecule has 9 rings (SSSR count). The first-order valence-electron chi connectivity index (χ1n) is 23.0. The van der Waals surface area contributed by atoms with Crippen molar-refractivity contribution in [1.82, 2.24) is 34.8 Å². The third-order valence-electron chi connectivity index (χ3n) is 12.8. The molecule has 5 aliphatic rings. The molecule has 2 aromatic carbocycles. The van der Waals surface area contributed by atoms with Gasteiger partial charge in [0.25, 0.3) is 11.8 Å². The molecule has 7 heterocycles. The van der Waals surface area contributed by atoms with Crippen molar-refractivity contribution in [2.45, 2.75) is 58.7 Å². The van der Waals surface area contributed by atoms with Crippen LogP contribution in [-0.2, 0) is 39.2 Å². The van der Waals surface area contributed by atoms with Gasteiger partial charge in [-0.15, -0.1) is 0 Å². The number of fused-ring (bicyclic) bond motifs is 8. The number of guanidine groups is 1. The minimum atomic E-state index is -0.669. The summed E-state index contributed by atoms with van der Waals surface area (Å²) in [5.74, 6) is 0.750. The summed E-state index contributed by atoms with van der Waals surface area (Å²) < 4.78 is 25.6. The maximum absolute atomic E-state index is 13.8. The zero-order chi connectivity index (χ0) is 45.7. The number of amides is 4. The van der Waals surface area contributed by atoms with Crippen LogP contribution in [0.15, 0.2) is 59.7 Å². The lowest BCUT2D eigenvalue weighted by Gasteiger charge is -2.34. The number of hydrogen-bond donors (Lipinski definition) is 2. The Bertz CT molecular complexity index is 2500. The van der Waals surface area contributed by atoms with E-state index in [9.17, 15) is 19.2 Å². The van der Waals surface area contributed by atoms with Crippen molar-refractivity contribution in [3.8, 4) is 22.9 Å². The largest absolute Gasteiger partial charge is 0.491 e. The lowest BCUT2D eigenvalue weighted by molar-refractivity contribution is -0.136. The number of hydrogen-bond acceptors (Lipinski definition) is 14. The molecule has 18 heteroatoms. The summed E-state index contributed by atoms with van der Waals surface area (Å²) in [6.07, 6.45) is 4.06. The van der Waals surface area contributed by atoms with E-state index in [-0.39, 0.29) is 30.7 Å². The quantitative estimate of drug-likeness (QED) is 0.145. The van der Waals surface area contributed by atoms with Gasteiger partial charge in [-0.1, -0.05) is 19.1 Å². The minimum Gasteiger partial charge on any atom is -0.491 e. The molecule has 66 heavy (non-hydrogen) atoms. The van der Waals surface area contributed by atoms with Crippen molar-refractivity contribution >= 4 is 41.0 Å². The molecule has 18 nitrogen and oxygen atoms in total. The van der Waals surface area contributed by atoms with Crippen LogP contribution >= 0.6 is 0 Å². The minimum absolute atomic E-state index is 0.210. The van der Waals surface area contributed by atoms with E-state index >= 15 is 0 Å². The number of piperazine rings is 1. The second kappa shape index (κ2) is 20.1. The number of piperidine rings is 1. The van der Waals surface area contributed by atoms with Crippen LogP contribution < -0.4 is 25.0 Å². The molecule has 5 aliphatic heterocycles. The van der Waals surface area contributed by atoms with E-state index in [1.807, 2.05) is 20.0 Å². The number of anilines is 2. The highest BCUT2D eigenvalue weighted by atomic mass is 16.5. The molecule has 2 atom stereocenters. The first kappa shape index (κ1) is 45.0.